The second-order valence-electron chi connectivity index (χ2n) is 3.72. The summed E-state index contributed by atoms with van der Waals surface area (Å²) in [6, 6.07) is -1.34. The monoisotopic (exact) mass is 319 g/mol. The molecule has 17 heavy (non-hydrogen) atoms. The van der Waals surface area contributed by atoms with E-state index in [0.717, 1.165) is 16.6 Å². The average molecular weight is 320 g/mol. The van der Waals surface area contributed by atoms with Crippen LogP contribution >= 0.6 is 27.3 Å². The van der Waals surface area contributed by atoms with Crippen molar-refractivity contribution in [3.05, 3.63) is 9.98 Å². The first-order chi connectivity index (χ1) is 8.06. The largest absolute Gasteiger partial charge is 0.480 e. The van der Waals surface area contributed by atoms with E-state index in [1.165, 1.54) is 11.3 Å². The molecule has 2 rings (SSSR count). The molecule has 1 aromatic heterocycles. The van der Waals surface area contributed by atoms with Gasteiger partial charge in [0.2, 0.25) is 0 Å². The SMILES string of the molecule is O=C(Nc1ncc(Br)s1)NC(C(=O)O)C1CC1. The Labute approximate surface area is 110 Å². The van der Waals surface area contributed by atoms with Crippen molar-refractivity contribution < 1.29 is 14.7 Å². The number of aliphatic carboxylic acids is 1. The van der Waals surface area contributed by atoms with Crippen molar-refractivity contribution in [3.63, 3.8) is 0 Å². The number of hydrogen-bond acceptors (Lipinski definition) is 4. The third-order valence-corrected chi connectivity index (χ3v) is 3.74. The fourth-order valence-corrected chi connectivity index (χ4v) is 2.50. The number of anilines is 1. The van der Waals surface area contributed by atoms with Crippen LogP contribution in [0.15, 0.2) is 9.98 Å². The number of urea groups is 1. The number of carbonyl (C=O) groups excluding carboxylic acids is 1. The van der Waals surface area contributed by atoms with Gasteiger partial charge in [0.1, 0.15) is 6.04 Å². The number of carbonyl (C=O) groups is 2. The Morgan fingerprint density at radius 2 is 2.29 bits per heavy atom. The van der Waals surface area contributed by atoms with E-state index >= 15 is 0 Å². The van der Waals surface area contributed by atoms with Gasteiger partial charge in [0, 0.05) is 0 Å². The minimum Gasteiger partial charge on any atom is -0.480 e. The summed E-state index contributed by atoms with van der Waals surface area (Å²) in [7, 11) is 0. The summed E-state index contributed by atoms with van der Waals surface area (Å²) in [6.45, 7) is 0. The van der Waals surface area contributed by atoms with Crippen LogP contribution in [-0.2, 0) is 4.79 Å². The highest BCUT2D eigenvalue weighted by atomic mass is 79.9. The summed E-state index contributed by atoms with van der Waals surface area (Å²) in [4.78, 5) is 26.4. The minimum absolute atomic E-state index is 0.0567. The van der Waals surface area contributed by atoms with E-state index in [9.17, 15) is 9.59 Å². The van der Waals surface area contributed by atoms with Gasteiger partial charge in [-0.1, -0.05) is 11.3 Å². The molecular formula is C9H10BrN3O3S. The standard InChI is InChI=1S/C9H10BrN3O3S/c10-5-3-11-9(17-5)13-8(16)12-6(7(14)15)4-1-2-4/h3-4,6H,1-2H2,(H,14,15)(H2,11,12,13,16). The van der Waals surface area contributed by atoms with Gasteiger partial charge in [0.15, 0.2) is 5.13 Å². The van der Waals surface area contributed by atoms with Crippen molar-refractivity contribution >= 4 is 44.4 Å². The first-order valence-electron chi connectivity index (χ1n) is 4.98. The van der Waals surface area contributed by atoms with Crippen molar-refractivity contribution in [3.8, 4) is 0 Å². The highest BCUT2D eigenvalue weighted by Crippen LogP contribution is 2.32. The molecule has 0 spiro atoms. The summed E-state index contributed by atoms with van der Waals surface area (Å²) in [5.41, 5.74) is 0. The molecule has 1 unspecified atom stereocenters. The molecule has 1 aromatic rings. The number of carboxylic acid groups (broad SMARTS) is 1. The molecule has 0 radical (unpaired) electrons. The van der Waals surface area contributed by atoms with Gasteiger partial charge >= 0.3 is 12.0 Å². The molecule has 3 N–H and O–H groups in total. The summed E-state index contributed by atoms with van der Waals surface area (Å²) in [6.07, 6.45) is 3.26. The first kappa shape index (κ1) is 12.3. The molecule has 1 aliphatic rings. The van der Waals surface area contributed by atoms with Gasteiger partial charge in [-0.15, -0.1) is 0 Å². The Morgan fingerprint density at radius 3 is 2.76 bits per heavy atom. The van der Waals surface area contributed by atoms with Gasteiger partial charge in [-0.25, -0.2) is 14.6 Å². The van der Waals surface area contributed by atoms with Crippen molar-refractivity contribution in [1.82, 2.24) is 10.3 Å². The van der Waals surface area contributed by atoms with E-state index in [0.29, 0.717) is 5.13 Å². The second kappa shape index (κ2) is 5.01. The number of carboxylic acids is 1. The van der Waals surface area contributed by atoms with Crippen LogP contribution in [-0.4, -0.2) is 28.1 Å². The lowest BCUT2D eigenvalue weighted by Gasteiger charge is -2.13. The van der Waals surface area contributed by atoms with Crippen LogP contribution in [0.1, 0.15) is 12.8 Å². The highest BCUT2D eigenvalue weighted by Gasteiger charge is 2.37. The lowest BCUT2D eigenvalue weighted by atomic mass is 10.2. The Bertz CT molecular complexity index is 446. The summed E-state index contributed by atoms with van der Waals surface area (Å²) >= 11 is 4.48. The fourth-order valence-electron chi connectivity index (χ4n) is 1.40. The van der Waals surface area contributed by atoms with Gasteiger partial charge in [0.05, 0.1) is 9.98 Å². The molecule has 0 bridgehead atoms. The van der Waals surface area contributed by atoms with Gasteiger partial charge in [0.25, 0.3) is 0 Å². The Kier molecular flexibility index (Phi) is 3.63. The van der Waals surface area contributed by atoms with E-state index in [1.807, 2.05) is 0 Å². The molecule has 2 amide bonds. The zero-order valence-corrected chi connectivity index (χ0v) is 11.0. The van der Waals surface area contributed by atoms with Crippen LogP contribution in [0.25, 0.3) is 0 Å². The van der Waals surface area contributed by atoms with Crippen LogP contribution < -0.4 is 10.6 Å². The van der Waals surface area contributed by atoms with Crippen LogP contribution in [0.2, 0.25) is 0 Å². The van der Waals surface area contributed by atoms with Gasteiger partial charge in [-0.05, 0) is 34.7 Å². The molecule has 1 aliphatic carbocycles. The van der Waals surface area contributed by atoms with E-state index in [4.69, 9.17) is 5.11 Å². The Balaban J connectivity index is 1.89. The molecule has 1 saturated carbocycles. The first-order valence-corrected chi connectivity index (χ1v) is 6.59. The molecule has 1 heterocycles. The zero-order chi connectivity index (χ0) is 12.4. The number of thiazole rings is 1. The Hall–Kier alpha value is -1.15. The average Bonchev–Trinajstić information content (AvgIpc) is 3.00. The van der Waals surface area contributed by atoms with Crippen LogP contribution in [0.3, 0.4) is 0 Å². The number of nitrogens with zero attached hydrogens (tertiary/aromatic N) is 1. The van der Waals surface area contributed by atoms with Crippen molar-refractivity contribution in [2.45, 2.75) is 18.9 Å². The smallest absolute Gasteiger partial charge is 0.326 e. The lowest BCUT2D eigenvalue weighted by molar-refractivity contribution is -0.139. The number of hydrogen-bond donors (Lipinski definition) is 3. The molecule has 0 aliphatic heterocycles. The van der Waals surface area contributed by atoms with Crippen LogP contribution in [0.4, 0.5) is 9.93 Å². The molecule has 1 atom stereocenters. The van der Waals surface area contributed by atoms with Crippen molar-refractivity contribution in [2.24, 2.45) is 5.92 Å². The van der Waals surface area contributed by atoms with Crippen LogP contribution in [0, 0.1) is 5.92 Å². The molecule has 6 nitrogen and oxygen atoms in total. The predicted octanol–water partition coefficient (Wildman–Crippen LogP) is 1.89. The van der Waals surface area contributed by atoms with Crippen molar-refractivity contribution in [1.29, 1.82) is 0 Å². The van der Waals surface area contributed by atoms with Crippen LogP contribution in [0.5, 0.6) is 0 Å². The summed E-state index contributed by atoms with van der Waals surface area (Å²) in [5.74, 6) is -0.941. The second-order valence-corrected chi connectivity index (χ2v) is 6.13. The number of nitrogens with one attached hydrogen (secondary N) is 2. The van der Waals surface area contributed by atoms with E-state index < -0.39 is 18.0 Å². The predicted molar refractivity (Wildman–Crippen MR) is 66.1 cm³/mol. The van der Waals surface area contributed by atoms with Gasteiger partial charge in [-0.3, -0.25) is 5.32 Å². The zero-order valence-electron chi connectivity index (χ0n) is 8.64. The van der Waals surface area contributed by atoms with E-state index in [2.05, 4.69) is 31.5 Å². The maximum atomic E-state index is 11.5. The molecule has 8 heteroatoms. The quantitative estimate of drug-likeness (QED) is 0.790. The number of amides is 2. The summed E-state index contributed by atoms with van der Waals surface area (Å²) in [5, 5.41) is 14.3. The molecule has 92 valence electrons. The third-order valence-electron chi connectivity index (χ3n) is 2.34. The fraction of sp³-hybridized carbons (Fsp3) is 0.444. The number of aromatic nitrogens is 1. The van der Waals surface area contributed by atoms with E-state index in [-0.39, 0.29) is 5.92 Å². The minimum atomic E-state index is -0.997. The number of halogens is 1. The molecule has 1 fully saturated rings. The summed E-state index contributed by atoms with van der Waals surface area (Å²) < 4.78 is 0.796. The topological polar surface area (TPSA) is 91.3 Å². The molecular weight excluding hydrogens is 310 g/mol. The highest BCUT2D eigenvalue weighted by molar-refractivity contribution is 9.11. The lowest BCUT2D eigenvalue weighted by Crippen LogP contribution is -2.44. The normalized spacial score (nSPS) is 16.3. The maximum Gasteiger partial charge on any atom is 0.326 e. The Morgan fingerprint density at radius 1 is 1.59 bits per heavy atom. The van der Waals surface area contributed by atoms with Crippen molar-refractivity contribution in [2.75, 3.05) is 5.32 Å². The van der Waals surface area contributed by atoms with Gasteiger partial charge in [-0.2, -0.15) is 0 Å². The number of rotatable bonds is 4. The molecule has 0 saturated heterocycles. The molecule has 0 aromatic carbocycles. The van der Waals surface area contributed by atoms with Gasteiger partial charge < -0.3 is 10.4 Å². The van der Waals surface area contributed by atoms with E-state index in [1.54, 1.807) is 6.20 Å². The maximum absolute atomic E-state index is 11.5. The third kappa shape index (κ3) is 3.40.